The Kier molecular flexibility index (Phi) is 3.29. The first-order valence-corrected chi connectivity index (χ1v) is 4.52. The first-order valence-electron chi connectivity index (χ1n) is 4.52. The summed E-state index contributed by atoms with van der Waals surface area (Å²) >= 11 is 0. The predicted molar refractivity (Wildman–Crippen MR) is 50.1 cm³/mol. The average molecular weight is 167 g/mol. The van der Waals surface area contributed by atoms with Crippen LogP contribution in [-0.2, 0) is 12.8 Å². The number of imidazole rings is 1. The molecule has 0 saturated heterocycles. The van der Waals surface area contributed by atoms with Crippen LogP contribution in [0.1, 0.15) is 30.6 Å². The molecule has 1 aromatic heterocycles. The summed E-state index contributed by atoms with van der Waals surface area (Å²) in [5.74, 6) is 1.08. The zero-order valence-electron chi connectivity index (χ0n) is 7.85. The normalized spacial score (nSPS) is 10.6. The van der Waals surface area contributed by atoms with E-state index in [9.17, 15) is 0 Å². The van der Waals surface area contributed by atoms with E-state index in [1.54, 1.807) is 0 Å². The Labute approximate surface area is 73.4 Å². The molecule has 0 aromatic carbocycles. The van der Waals surface area contributed by atoms with Gasteiger partial charge in [-0.15, -0.1) is 0 Å². The third kappa shape index (κ3) is 2.08. The van der Waals surface area contributed by atoms with Gasteiger partial charge in [-0.1, -0.05) is 6.92 Å². The first kappa shape index (κ1) is 9.26. The van der Waals surface area contributed by atoms with Gasteiger partial charge in [-0.25, -0.2) is 4.98 Å². The van der Waals surface area contributed by atoms with Crippen LogP contribution in [0, 0.1) is 6.92 Å². The number of aromatic amines is 1. The predicted octanol–water partition coefficient (Wildman–Crippen LogP) is 1.17. The van der Waals surface area contributed by atoms with Crippen molar-refractivity contribution in [3.63, 3.8) is 0 Å². The lowest BCUT2D eigenvalue weighted by atomic mass is 10.3. The Morgan fingerprint density at radius 2 is 2.25 bits per heavy atom. The molecule has 0 radical (unpaired) electrons. The molecule has 3 N–H and O–H groups in total. The van der Waals surface area contributed by atoms with Gasteiger partial charge in [0.05, 0.1) is 5.69 Å². The smallest absolute Gasteiger partial charge is 0.106 e. The van der Waals surface area contributed by atoms with Crippen molar-refractivity contribution in [2.45, 2.75) is 33.1 Å². The number of nitrogens with two attached hydrogens (primary N) is 1. The molecule has 0 aliphatic rings. The van der Waals surface area contributed by atoms with E-state index in [0.717, 1.165) is 31.6 Å². The maximum Gasteiger partial charge on any atom is 0.106 e. The lowest BCUT2D eigenvalue weighted by molar-refractivity contribution is 0.789. The number of aryl methyl sites for hydroxylation is 3. The van der Waals surface area contributed by atoms with E-state index in [4.69, 9.17) is 5.73 Å². The van der Waals surface area contributed by atoms with Crippen molar-refractivity contribution in [2.75, 3.05) is 6.54 Å². The molecule has 1 heterocycles. The van der Waals surface area contributed by atoms with Crippen LogP contribution in [0.5, 0.6) is 0 Å². The van der Waals surface area contributed by atoms with Crippen LogP contribution in [0.4, 0.5) is 0 Å². The van der Waals surface area contributed by atoms with Crippen molar-refractivity contribution >= 4 is 0 Å². The number of H-pyrrole nitrogens is 1. The number of rotatable bonds is 4. The minimum Gasteiger partial charge on any atom is -0.346 e. The van der Waals surface area contributed by atoms with E-state index in [0.29, 0.717) is 0 Å². The lowest BCUT2D eigenvalue weighted by Crippen LogP contribution is -2.01. The zero-order valence-corrected chi connectivity index (χ0v) is 7.85. The van der Waals surface area contributed by atoms with Gasteiger partial charge in [0.2, 0.25) is 0 Å². The fourth-order valence-corrected chi connectivity index (χ4v) is 1.30. The zero-order chi connectivity index (χ0) is 8.97. The van der Waals surface area contributed by atoms with Gasteiger partial charge in [-0.3, -0.25) is 0 Å². The van der Waals surface area contributed by atoms with Gasteiger partial charge in [0.25, 0.3) is 0 Å². The summed E-state index contributed by atoms with van der Waals surface area (Å²) in [6.45, 7) is 4.93. The third-order valence-corrected chi connectivity index (χ3v) is 1.99. The summed E-state index contributed by atoms with van der Waals surface area (Å²) in [4.78, 5) is 7.72. The summed E-state index contributed by atoms with van der Waals surface area (Å²) in [6, 6.07) is 0. The number of hydrogen-bond acceptors (Lipinski definition) is 2. The second kappa shape index (κ2) is 4.26. The highest BCUT2D eigenvalue weighted by Gasteiger charge is 2.03. The second-order valence-corrected chi connectivity index (χ2v) is 3.00. The monoisotopic (exact) mass is 167 g/mol. The number of aromatic nitrogens is 2. The van der Waals surface area contributed by atoms with Gasteiger partial charge in [0.15, 0.2) is 0 Å². The lowest BCUT2D eigenvalue weighted by Gasteiger charge is -1.91. The highest BCUT2D eigenvalue weighted by atomic mass is 14.9. The van der Waals surface area contributed by atoms with E-state index in [2.05, 4.69) is 23.8 Å². The highest BCUT2D eigenvalue weighted by Crippen LogP contribution is 2.06. The quantitative estimate of drug-likeness (QED) is 0.707. The minimum absolute atomic E-state index is 0.737. The van der Waals surface area contributed by atoms with E-state index >= 15 is 0 Å². The Balaban J connectivity index is 2.62. The van der Waals surface area contributed by atoms with Crippen LogP contribution in [0.3, 0.4) is 0 Å². The van der Waals surface area contributed by atoms with Gasteiger partial charge in [-0.2, -0.15) is 0 Å². The van der Waals surface area contributed by atoms with Crippen LogP contribution in [-0.4, -0.2) is 16.5 Å². The van der Waals surface area contributed by atoms with Crippen LogP contribution in [0.25, 0.3) is 0 Å². The molecule has 1 rings (SSSR count). The summed E-state index contributed by atoms with van der Waals surface area (Å²) in [7, 11) is 0. The van der Waals surface area contributed by atoms with Crippen molar-refractivity contribution < 1.29 is 0 Å². The average Bonchev–Trinajstić information content (AvgIpc) is 2.43. The maximum absolute atomic E-state index is 5.41. The van der Waals surface area contributed by atoms with Gasteiger partial charge in [-0.05, 0) is 26.3 Å². The minimum atomic E-state index is 0.737. The first-order chi connectivity index (χ1) is 5.77. The summed E-state index contributed by atoms with van der Waals surface area (Å²) in [6.07, 6.45) is 2.98. The van der Waals surface area contributed by atoms with Crippen molar-refractivity contribution in [1.82, 2.24) is 9.97 Å². The third-order valence-electron chi connectivity index (χ3n) is 1.99. The molecule has 0 spiro atoms. The Hall–Kier alpha value is -0.830. The molecule has 68 valence electrons. The molecule has 0 atom stereocenters. The maximum atomic E-state index is 5.41. The molecular formula is C9H17N3. The Bertz CT molecular complexity index is 240. The summed E-state index contributed by atoms with van der Waals surface area (Å²) in [5, 5.41) is 0. The molecule has 0 aliphatic heterocycles. The molecule has 0 amide bonds. The molecule has 1 aromatic rings. The Morgan fingerprint density at radius 1 is 1.50 bits per heavy atom. The van der Waals surface area contributed by atoms with Crippen molar-refractivity contribution in [3.8, 4) is 0 Å². The van der Waals surface area contributed by atoms with Crippen LogP contribution < -0.4 is 5.73 Å². The van der Waals surface area contributed by atoms with E-state index in [1.165, 1.54) is 11.4 Å². The molecule has 3 heteroatoms. The Morgan fingerprint density at radius 3 is 2.75 bits per heavy atom. The van der Waals surface area contributed by atoms with Gasteiger partial charge in [0.1, 0.15) is 5.82 Å². The summed E-state index contributed by atoms with van der Waals surface area (Å²) in [5.41, 5.74) is 7.79. The van der Waals surface area contributed by atoms with Gasteiger partial charge < -0.3 is 10.7 Å². The standard InChI is InChI=1S/C9H17N3/c1-3-8-7(2)11-9(12-8)5-4-6-10/h3-6,10H2,1-2H3,(H,11,12). The molecule has 0 aliphatic carbocycles. The molecule has 0 saturated carbocycles. The van der Waals surface area contributed by atoms with Crippen LogP contribution in [0.2, 0.25) is 0 Å². The van der Waals surface area contributed by atoms with E-state index < -0.39 is 0 Å². The molecule has 12 heavy (non-hydrogen) atoms. The fourth-order valence-electron chi connectivity index (χ4n) is 1.30. The SMILES string of the molecule is CCc1nc(CCCN)[nH]c1C. The number of hydrogen-bond donors (Lipinski definition) is 2. The largest absolute Gasteiger partial charge is 0.346 e. The molecule has 0 bridgehead atoms. The fraction of sp³-hybridized carbons (Fsp3) is 0.667. The van der Waals surface area contributed by atoms with Gasteiger partial charge >= 0.3 is 0 Å². The second-order valence-electron chi connectivity index (χ2n) is 3.00. The van der Waals surface area contributed by atoms with Gasteiger partial charge in [0, 0.05) is 12.1 Å². The molecule has 0 unspecified atom stereocenters. The highest BCUT2D eigenvalue weighted by molar-refractivity contribution is 5.12. The number of nitrogens with zero attached hydrogens (tertiary/aromatic N) is 1. The number of nitrogens with one attached hydrogen (secondary N) is 1. The van der Waals surface area contributed by atoms with Crippen molar-refractivity contribution in [2.24, 2.45) is 5.73 Å². The van der Waals surface area contributed by atoms with Crippen LogP contribution in [0.15, 0.2) is 0 Å². The summed E-state index contributed by atoms with van der Waals surface area (Å²) < 4.78 is 0. The molecule has 3 nitrogen and oxygen atoms in total. The van der Waals surface area contributed by atoms with Crippen LogP contribution >= 0.6 is 0 Å². The van der Waals surface area contributed by atoms with Crippen molar-refractivity contribution in [1.29, 1.82) is 0 Å². The van der Waals surface area contributed by atoms with E-state index in [1.807, 2.05) is 0 Å². The molecule has 0 fully saturated rings. The van der Waals surface area contributed by atoms with E-state index in [-0.39, 0.29) is 0 Å². The molecular weight excluding hydrogens is 150 g/mol. The van der Waals surface area contributed by atoms with Crippen molar-refractivity contribution in [3.05, 3.63) is 17.2 Å². The topological polar surface area (TPSA) is 54.7 Å².